The van der Waals surface area contributed by atoms with Crippen molar-refractivity contribution in [3.05, 3.63) is 117 Å². The van der Waals surface area contributed by atoms with Crippen molar-refractivity contribution in [2.45, 2.75) is 312 Å². The fourth-order valence-electron chi connectivity index (χ4n) is 12.5. The van der Waals surface area contributed by atoms with Gasteiger partial charge in [0.2, 0.25) is 23.6 Å². The molecule has 14 nitrogen and oxygen atoms in total. The van der Waals surface area contributed by atoms with Crippen LogP contribution >= 0.6 is 0 Å². The minimum absolute atomic E-state index is 0.271. The first-order valence-corrected chi connectivity index (χ1v) is 41.0. The Hall–Kier alpha value is -8.72. The lowest BCUT2D eigenvalue weighted by atomic mass is 10.1. The van der Waals surface area contributed by atoms with E-state index < -0.39 is 0 Å². The fourth-order valence-corrected chi connectivity index (χ4v) is 12.5. The van der Waals surface area contributed by atoms with E-state index in [1.807, 2.05) is 48.5 Å². The molecule has 5 aromatic rings. The maximum atomic E-state index is 12.2. The third kappa shape index (κ3) is 40.1. The van der Waals surface area contributed by atoms with Crippen molar-refractivity contribution >= 4 is 46.9 Å². The van der Waals surface area contributed by atoms with Gasteiger partial charge in [-0.05, 0) is 74.2 Å². The monoisotopic (exact) mass is 1440 g/mol. The second-order valence-electron chi connectivity index (χ2n) is 28.4. The van der Waals surface area contributed by atoms with E-state index in [-0.39, 0.29) is 46.9 Å². The number of ether oxygens (including phenoxy) is 4. The number of hydrogen-bond acceptors (Lipinski definition) is 10. The number of benzene rings is 3. The molecule has 0 unspecified atom stereocenters. The lowest BCUT2D eigenvalue weighted by molar-refractivity contribution is -0.115. The first kappa shape index (κ1) is 87.9. The van der Waals surface area contributed by atoms with Crippen molar-refractivity contribution in [2.24, 2.45) is 0 Å². The van der Waals surface area contributed by atoms with E-state index in [0.29, 0.717) is 82.8 Å². The van der Waals surface area contributed by atoms with Crippen LogP contribution in [0.1, 0.15) is 357 Å². The third-order valence-corrected chi connectivity index (χ3v) is 18.3. The minimum atomic E-state index is -0.295. The van der Waals surface area contributed by atoms with Crippen LogP contribution in [0.15, 0.2) is 72.8 Å². The summed E-state index contributed by atoms with van der Waals surface area (Å²) >= 11 is 0. The van der Waals surface area contributed by atoms with Crippen LogP contribution in [0.2, 0.25) is 0 Å². The lowest BCUT2D eigenvalue weighted by Gasteiger charge is -2.14. The van der Waals surface area contributed by atoms with Gasteiger partial charge in [-0.3, -0.25) is 19.2 Å². The van der Waals surface area contributed by atoms with Crippen molar-refractivity contribution in [1.29, 1.82) is 0 Å². The largest absolute Gasteiger partial charge is 0.492 e. The normalized spacial score (nSPS) is 10.6. The van der Waals surface area contributed by atoms with Crippen LogP contribution in [-0.2, 0) is 19.2 Å². The molecule has 0 saturated heterocycles. The van der Waals surface area contributed by atoms with Gasteiger partial charge in [-0.1, -0.05) is 306 Å². The van der Waals surface area contributed by atoms with Crippen molar-refractivity contribution in [1.82, 2.24) is 9.97 Å². The number of aromatic nitrogens is 2. The minimum Gasteiger partial charge on any atom is -0.492 e. The van der Waals surface area contributed by atoms with Crippen molar-refractivity contribution in [3.8, 4) is 70.4 Å². The summed E-state index contributed by atoms with van der Waals surface area (Å²) in [5.74, 6) is 29.4. The van der Waals surface area contributed by atoms with E-state index in [2.05, 4.69) is 106 Å². The van der Waals surface area contributed by atoms with Gasteiger partial charge in [0, 0.05) is 74.2 Å². The molecule has 0 aliphatic heterocycles. The molecule has 3 aromatic carbocycles. The fraction of sp³-hybridized carbons (Fsp3) is 0.565. The molecular formula is C92H128N6O8. The second kappa shape index (κ2) is 55.7. The summed E-state index contributed by atoms with van der Waals surface area (Å²) in [5.41, 5.74) is 5.27. The molecule has 574 valence electrons. The molecule has 0 bridgehead atoms. The summed E-state index contributed by atoms with van der Waals surface area (Å²) in [4.78, 5) is 57.5. The maximum Gasteiger partial charge on any atom is 0.222 e. The lowest BCUT2D eigenvalue weighted by Crippen LogP contribution is -2.11. The summed E-state index contributed by atoms with van der Waals surface area (Å²) in [6.45, 7) is 16.7. The zero-order chi connectivity index (χ0) is 75.9. The van der Waals surface area contributed by atoms with Crippen LogP contribution in [0.5, 0.6) is 23.0 Å². The van der Waals surface area contributed by atoms with E-state index in [1.165, 1.54) is 207 Å². The van der Waals surface area contributed by atoms with E-state index >= 15 is 0 Å². The number of unbranched alkanes of at least 4 members (excludes halogenated alkanes) is 36. The highest BCUT2D eigenvalue weighted by Gasteiger charge is 2.16. The van der Waals surface area contributed by atoms with Crippen molar-refractivity contribution in [2.75, 3.05) is 47.7 Å². The molecule has 2 aromatic heterocycles. The maximum absolute atomic E-state index is 12.2. The average Bonchev–Trinajstić information content (AvgIpc) is 0.827. The molecule has 0 radical (unpaired) electrons. The molecular weight excluding hydrogens is 1320 g/mol. The van der Waals surface area contributed by atoms with Crippen LogP contribution in [0.25, 0.3) is 0 Å². The summed E-state index contributed by atoms with van der Waals surface area (Å²) in [7, 11) is 0. The first-order chi connectivity index (χ1) is 51.7. The Bertz CT molecular complexity index is 3360. The highest BCUT2D eigenvalue weighted by Crippen LogP contribution is 2.32. The predicted molar refractivity (Wildman–Crippen MR) is 438 cm³/mol. The number of carbonyl (C=O) groups is 4. The smallest absolute Gasteiger partial charge is 0.222 e. The van der Waals surface area contributed by atoms with Gasteiger partial charge >= 0.3 is 0 Å². The summed E-state index contributed by atoms with van der Waals surface area (Å²) < 4.78 is 26.7. The number of amides is 4. The number of hydrogen-bond donors (Lipinski definition) is 4. The molecule has 4 N–H and O–H groups in total. The highest BCUT2D eigenvalue weighted by molar-refractivity contribution is 5.91. The summed E-state index contributed by atoms with van der Waals surface area (Å²) in [5, 5.41) is 11.0. The molecule has 0 fully saturated rings. The van der Waals surface area contributed by atoms with E-state index in [4.69, 9.17) is 18.9 Å². The van der Waals surface area contributed by atoms with Gasteiger partial charge in [0.1, 0.15) is 46.3 Å². The number of carbonyl (C=O) groups excluding carboxylic acids is 4. The Balaban J connectivity index is 1.52. The molecule has 0 saturated carbocycles. The van der Waals surface area contributed by atoms with Crippen molar-refractivity contribution < 1.29 is 38.1 Å². The Morgan fingerprint density at radius 3 is 0.623 bits per heavy atom. The van der Waals surface area contributed by atoms with Gasteiger partial charge in [0.05, 0.1) is 48.7 Å². The zero-order valence-corrected chi connectivity index (χ0v) is 66.2. The van der Waals surface area contributed by atoms with Gasteiger partial charge in [-0.15, -0.1) is 0 Å². The Morgan fingerprint density at radius 1 is 0.255 bits per heavy atom. The molecule has 5 rings (SSSR count). The molecule has 2 heterocycles. The zero-order valence-electron chi connectivity index (χ0n) is 66.2. The van der Waals surface area contributed by atoms with Crippen molar-refractivity contribution in [3.63, 3.8) is 0 Å². The Kier molecular flexibility index (Phi) is 46.2. The molecule has 0 atom stereocenters. The summed E-state index contributed by atoms with van der Waals surface area (Å²) in [6, 6.07) is 22.4. The number of anilines is 4. The van der Waals surface area contributed by atoms with Crippen LogP contribution < -0.4 is 40.2 Å². The second-order valence-corrected chi connectivity index (χ2v) is 28.4. The van der Waals surface area contributed by atoms with Crippen LogP contribution in [0.4, 0.5) is 23.3 Å². The predicted octanol–water partition coefficient (Wildman–Crippen LogP) is 23.1. The topological polar surface area (TPSA) is 179 Å². The molecule has 0 spiro atoms. The van der Waals surface area contributed by atoms with Crippen LogP contribution in [0, 0.1) is 47.4 Å². The third-order valence-electron chi connectivity index (χ3n) is 18.3. The quantitative estimate of drug-likeness (QED) is 0.0216. The average molecular weight is 1450 g/mol. The number of nitrogens with one attached hydrogen (secondary N) is 4. The number of pyridine rings is 2. The first-order valence-electron chi connectivity index (χ1n) is 41.0. The Morgan fingerprint density at radius 2 is 0.434 bits per heavy atom. The number of nitrogens with zero attached hydrogens (tertiary/aromatic N) is 2. The molecule has 4 amide bonds. The van der Waals surface area contributed by atoms with Gasteiger partial charge < -0.3 is 40.2 Å². The van der Waals surface area contributed by atoms with Gasteiger partial charge in [0.15, 0.2) is 0 Å². The molecule has 106 heavy (non-hydrogen) atoms. The molecule has 14 heteroatoms. The Labute approximate surface area is 639 Å². The summed E-state index contributed by atoms with van der Waals surface area (Å²) in [6.07, 6.45) is 48.3. The van der Waals surface area contributed by atoms with Gasteiger partial charge in [0.25, 0.3) is 0 Å². The highest BCUT2D eigenvalue weighted by atomic mass is 16.5. The van der Waals surface area contributed by atoms with E-state index in [1.54, 1.807) is 24.3 Å². The van der Waals surface area contributed by atoms with E-state index in [9.17, 15) is 19.2 Å². The van der Waals surface area contributed by atoms with E-state index in [0.717, 1.165) is 88.2 Å². The van der Waals surface area contributed by atoms with Gasteiger partial charge in [-0.2, -0.15) is 0 Å². The van der Waals surface area contributed by atoms with Crippen LogP contribution in [-0.4, -0.2) is 60.0 Å². The number of rotatable bonds is 52. The van der Waals surface area contributed by atoms with Crippen LogP contribution in [0.3, 0.4) is 0 Å². The SMILES string of the molecule is CCCCCCCCCCCCOc1cc(C#Cc2cc(NC(C)=O)nc(NC(C)=O)c2)c(OCCCCCCCCCCCC)cc1C#Cc1ccc(C#Cc2cc(OCCCCCCCCCCCC)c(C#Cc3cc(NC(C)=O)nc(NC(C)=O)c3)cc2OCCCCCCCCCCCC)cc1. The molecule has 0 aliphatic carbocycles. The standard InChI is InChI=1S/C92H128N6O8/c1-9-13-17-21-25-29-33-37-41-45-61-103-85-71-83(59-55-79-65-89(93-73(5)99)97-90(66-79)94-74(6)100)87(105-63-47-43-39-35-31-27-23-19-15-11-3)69-81(85)57-53-77-49-51-78(52-50-77)54-58-82-70-88(106-64-48-44-40-36-32-28-24-20-16-12-4)84(72-86(82)104-62-46-42-38-34-30-26-22-18-14-10-2)60-56-80-67-91(95-75(7)101)98-92(68-80)96-76(8)102/h49-52,65-72H,9-48,61-64H2,1-8H3,(H2,93,94,97,99,100)(H2,95,96,98,101,102). The molecule has 0 aliphatic rings. The van der Waals surface area contributed by atoms with Gasteiger partial charge in [-0.25, -0.2) is 9.97 Å².